The molecule has 6 nitrogen and oxygen atoms in total. The van der Waals surface area contributed by atoms with Gasteiger partial charge in [-0.1, -0.05) is 60.6 Å². The molecule has 46 heavy (non-hydrogen) atoms. The van der Waals surface area contributed by atoms with Gasteiger partial charge in [-0.25, -0.2) is 0 Å². The first-order valence-corrected chi connectivity index (χ1v) is 17.8. The van der Waals surface area contributed by atoms with E-state index in [0.717, 1.165) is 83.3 Å². The van der Waals surface area contributed by atoms with Crippen LogP contribution in [0.15, 0.2) is 68.1 Å². The molecule has 4 aromatic rings. The number of aryl methyl sites for hydroxylation is 4. The summed E-state index contributed by atoms with van der Waals surface area (Å²) in [6.07, 6.45) is 4.13. The maximum absolute atomic E-state index is 11.6. The average molecular weight is 657 g/mol. The van der Waals surface area contributed by atoms with Gasteiger partial charge in [0, 0.05) is 48.4 Å². The van der Waals surface area contributed by atoms with Gasteiger partial charge in [-0.15, -0.1) is 0 Å². The van der Waals surface area contributed by atoms with Crippen LogP contribution >= 0.6 is 23.5 Å². The number of rotatable bonds is 0. The molecule has 8 heteroatoms. The molecule has 0 aromatic heterocycles. The first-order valence-electron chi connectivity index (χ1n) is 16.1. The predicted molar refractivity (Wildman–Crippen MR) is 186 cm³/mol. The van der Waals surface area contributed by atoms with E-state index in [1.807, 2.05) is 76.2 Å². The minimum atomic E-state index is 0.234. The highest BCUT2D eigenvalue weighted by Gasteiger charge is 2.22. The van der Waals surface area contributed by atoms with E-state index >= 15 is 0 Å². The average Bonchev–Trinajstić information content (AvgIpc) is 2.99. The number of hydrogen-bond donors (Lipinski definition) is 4. The van der Waals surface area contributed by atoms with Gasteiger partial charge in [0.1, 0.15) is 23.0 Å². The van der Waals surface area contributed by atoms with Crippen molar-refractivity contribution in [2.75, 3.05) is 13.1 Å². The van der Waals surface area contributed by atoms with Gasteiger partial charge in [0.05, 0.1) is 19.6 Å². The molecule has 2 aliphatic rings. The molecule has 6 rings (SSSR count). The number of benzene rings is 4. The SMILES string of the molecule is Cc1cc2c(O)c(c1)Sc1cc(C)cc(c1O)CN1CCCCCCN(C2)Cc2cc(C)cc(c2O)Sc2cc(C)cc(c2O)C1. The van der Waals surface area contributed by atoms with E-state index in [9.17, 15) is 20.4 Å². The van der Waals surface area contributed by atoms with Gasteiger partial charge in [-0.3, -0.25) is 9.80 Å². The van der Waals surface area contributed by atoms with Gasteiger partial charge < -0.3 is 20.4 Å². The van der Waals surface area contributed by atoms with Crippen molar-refractivity contribution in [3.8, 4) is 23.0 Å². The smallest absolute Gasteiger partial charge is 0.134 e. The summed E-state index contributed by atoms with van der Waals surface area (Å²) in [5, 5.41) is 46.4. The van der Waals surface area contributed by atoms with Crippen molar-refractivity contribution in [3.63, 3.8) is 0 Å². The predicted octanol–water partition coefficient (Wildman–Crippen LogP) is 8.94. The van der Waals surface area contributed by atoms with E-state index in [-0.39, 0.29) is 23.0 Å². The summed E-state index contributed by atoms with van der Waals surface area (Å²) in [5.41, 5.74) is 7.50. The van der Waals surface area contributed by atoms with Crippen molar-refractivity contribution in [2.24, 2.45) is 0 Å². The standard InChI is InChI=1S/C38H44N2O4S2/c1-23-11-27-19-39-9-7-5-6-8-10-40(21-29-12-24(2)16-32(36(29)42)45-31(15-23)35(27)41)22-30-14-26(4)18-34(38(30)44)46-33-17-25(3)13-28(20-39)37(33)43/h11-18,41-44H,5-10,19-22H2,1-4H3. The minimum absolute atomic E-state index is 0.234. The van der Waals surface area contributed by atoms with Crippen molar-refractivity contribution in [1.29, 1.82) is 0 Å². The Morgan fingerprint density at radius 2 is 0.674 bits per heavy atom. The zero-order valence-electron chi connectivity index (χ0n) is 27.2. The normalized spacial score (nSPS) is 19.0. The quantitative estimate of drug-likeness (QED) is 0.149. The van der Waals surface area contributed by atoms with Crippen LogP contribution in [0.4, 0.5) is 0 Å². The summed E-state index contributed by atoms with van der Waals surface area (Å²) in [4.78, 5) is 7.49. The number of nitrogens with zero attached hydrogens (tertiary/aromatic N) is 2. The topological polar surface area (TPSA) is 87.4 Å². The fourth-order valence-electron chi connectivity index (χ4n) is 6.72. The van der Waals surface area contributed by atoms with Gasteiger partial charge in [-0.2, -0.15) is 0 Å². The number of aromatic hydroxyl groups is 4. The Kier molecular flexibility index (Phi) is 9.80. The Morgan fingerprint density at radius 1 is 0.413 bits per heavy atom. The fourth-order valence-corrected chi connectivity index (χ4v) is 9.08. The molecule has 242 valence electrons. The van der Waals surface area contributed by atoms with E-state index in [1.165, 1.54) is 23.5 Å². The second-order valence-electron chi connectivity index (χ2n) is 13.1. The Labute approximate surface area is 281 Å². The number of phenolic OH excluding ortho intramolecular Hbond substituents is 4. The number of fused-ring (bicyclic) bond motifs is 15. The lowest BCUT2D eigenvalue weighted by atomic mass is 10.1. The van der Waals surface area contributed by atoms with Crippen molar-refractivity contribution in [2.45, 2.75) is 99.1 Å². The molecule has 0 fully saturated rings. The van der Waals surface area contributed by atoms with Crippen LogP contribution in [0.2, 0.25) is 0 Å². The molecular weight excluding hydrogens is 613 g/mol. The van der Waals surface area contributed by atoms with Gasteiger partial charge in [0.2, 0.25) is 0 Å². The first-order chi connectivity index (χ1) is 22.0. The molecule has 2 aliphatic heterocycles. The van der Waals surface area contributed by atoms with Crippen molar-refractivity contribution >= 4 is 23.5 Å². The Bertz CT molecular complexity index is 1530. The molecule has 0 saturated carbocycles. The van der Waals surface area contributed by atoms with Crippen LogP contribution in [0.3, 0.4) is 0 Å². The molecule has 4 aromatic carbocycles. The second kappa shape index (κ2) is 13.8. The highest BCUT2D eigenvalue weighted by atomic mass is 32.2. The van der Waals surface area contributed by atoms with Gasteiger partial charge in [0.15, 0.2) is 0 Å². The van der Waals surface area contributed by atoms with Crippen LogP contribution in [0.5, 0.6) is 23.0 Å². The molecule has 2 heterocycles. The lowest BCUT2D eigenvalue weighted by Gasteiger charge is -2.25. The van der Waals surface area contributed by atoms with Gasteiger partial charge >= 0.3 is 0 Å². The number of phenols is 4. The van der Waals surface area contributed by atoms with Gasteiger partial charge in [0.25, 0.3) is 0 Å². The van der Waals surface area contributed by atoms with Crippen LogP contribution in [-0.4, -0.2) is 43.3 Å². The third-order valence-electron chi connectivity index (χ3n) is 8.91. The maximum Gasteiger partial charge on any atom is 0.134 e. The third kappa shape index (κ3) is 7.31. The zero-order chi connectivity index (χ0) is 32.5. The Morgan fingerprint density at radius 3 is 0.935 bits per heavy atom. The monoisotopic (exact) mass is 656 g/mol. The van der Waals surface area contributed by atoms with Crippen LogP contribution in [0.1, 0.15) is 70.2 Å². The lowest BCUT2D eigenvalue weighted by molar-refractivity contribution is 0.233. The molecular formula is C38H44N2O4S2. The van der Waals surface area contributed by atoms with E-state index in [1.54, 1.807) is 0 Å². The fraction of sp³-hybridized carbons (Fsp3) is 0.368. The molecule has 10 bridgehead atoms. The highest BCUT2D eigenvalue weighted by molar-refractivity contribution is 7.99. The van der Waals surface area contributed by atoms with E-state index in [0.29, 0.717) is 45.8 Å². The van der Waals surface area contributed by atoms with Crippen LogP contribution in [-0.2, 0) is 26.2 Å². The van der Waals surface area contributed by atoms with Crippen molar-refractivity contribution < 1.29 is 20.4 Å². The highest BCUT2D eigenvalue weighted by Crippen LogP contribution is 2.45. The zero-order valence-corrected chi connectivity index (χ0v) is 28.8. The summed E-state index contributed by atoms with van der Waals surface area (Å²) in [7, 11) is 0. The summed E-state index contributed by atoms with van der Waals surface area (Å²) in [6.45, 7) is 11.9. The maximum atomic E-state index is 11.6. The van der Waals surface area contributed by atoms with Gasteiger partial charge in [-0.05, 0) is 100 Å². The van der Waals surface area contributed by atoms with Crippen LogP contribution in [0.25, 0.3) is 0 Å². The summed E-state index contributed by atoms with van der Waals surface area (Å²) >= 11 is 2.79. The number of hydrogen-bond acceptors (Lipinski definition) is 8. The second-order valence-corrected chi connectivity index (χ2v) is 15.3. The molecule has 0 spiro atoms. The van der Waals surface area contributed by atoms with Crippen LogP contribution < -0.4 is 0 Å². The first kappa shape index (κ1) is 32.6. The van der Waals surface area contributed by atoms with E-state index in [2.05, 4.69) is 9.80 Å². The Balaban J connectivity index is 1.55. The molecule has 0 unspecified atom stereocenters. The minimum Gasteiger partial charge on any atom is -0.506 e. The summed E-state index contributed by atoms with van der Waals surface area (Å²) < 4.78 is 0. The summed E-state index contributed by atoms with van der Waals surface area (Å²) in [5.74, 6) is 0.935. The van der Waals surface area contributed by atoms with Crippen molar-refractivity contribution in [1.82, 2.24) is 9.80 Å². The molecule has 0 radical (unpaired) electrons. The third-order valence-corrected chi connectivity index (χ3v) is 11.0. The largest absolute Gasteiger partial charge is 0.506 e. The van der Waals surface area contributed by atoms with Crippen LogP contribution in [0, 0.1) is 27.7 Å². The molecule has 0 aliphatic carbocycles. The Hall–Kier alpha value is -3.30. The lowest BCUT2D eigenvalue weighted by Crippen LogP contribution is -2.25. The van der Waals surface area contributed by atoms with E-state index < -0.39 is 0 Å². The molecule has 0 amide bonds. The molecule has 0 atom stereocenters. The van der Waals surface area contributed by atoms with E-state index in [4.69, 9.17) is 0 Å². The molecule has 0 saturated heterocycles. The molecule has 4 N–H and O–H groups in total. The van der Waals surface area contributed by atoms with Crippen molar-refractivity contribution in [3.05, 3.63) is 93.0 Å². The summed E-state index contributed by atoms with van der Waals surface area (Å²) in [6, 6.07) is 16.1.